The molecule has 1 aliphatic carbocycles. The van der Waals surface area contributed by atoms with Crippen LogP contribution in [0.5, 0.6) is 0 Å². The fourth-order valence-electron chi connectivity index (χ4n) is 6.76. The van der Waals surface area contributed by atoms with E-state index in [4.69, 9.17) is 0 Å². The number of fused-ring (bicyclic) bond motifs is 2. The van der Waals surface area contributed by atoms with Crippen molar-refractivity contribution in [2.45, 2.75) is 37.3 Å². The second kappa shape index (κ2) is 4.40. The predicted molar refractivity (Wildman–Crippen MR) is 92.3 cm³/mol. The van der Waals surface area contributed by atoms with E-state index in [1.54, 1.807) is 5.57 Å². The number of quaternary nitrogens is 1. The van der Waals surface area contributed by atoms with E-state index in [2.05, 4.69) is 49.6 Å². The van der Waals surface area contributed by atoms with Gasteiger partial charge in [-0.2, -0.15) is 0 Å². The molecule has 23 heavy (non-hydrogen) atoms. The summed E-state index contributed by atoms with van der Waals surface area (Å²) in [5.74, 6) is 0.899. The van der Waals surface area contributed by atoms with Crippen LogP contribution in [0.3, 0.4) is 0 Å². The van der Waals surface area contributed by atoms with E-state index in [0.717, 1.165) is 0 Å². The molecule has 3 fully saturated rings. The van der Waals surface area contributed by atoms with Gasteiger partial charge in [-0.15, -0.1) is 0 Å². The lowest BCUT2D eigenvalue weighted by molar-refractivity contribution is -0.925. The number of allylic oxidation sites excluding steroid dienone is 1. The number of para-hydroxylation sites is 1. The van der Waals surface area contributed by atoms with Crippen LogP contribution in [0.2, 0.25) is 0 Å². The van der Waals surface area contributed by atoms with Gasteiger partial charge < -0.3 is 14.9 Å². The summed E-state index contributed by atoms with van der Waals surface area (Å²) in [4.78, 5) is 0. The summed E-state index contributed by atoms with van der Waals surface area (Å²) in [7, 11) is 2.47. The van der Waals surface area contributed by atoms with Crippen molar-refractivity contribution in [1.82, 2.24) is 0 Å². The van der Waals surface area contributed by atoms with Crippen molar-refractivity contribution in [3.05, 3.63) is 41.5 Å². The largest absolute Gasteiger partial charge is 0.396 e. The van der Waals surface area contributed by atoms with Gasteiger partial charge in [0.25, 0.3) is 0 Å². The Morgan fingerprint density at radius 3 is 3.00 bits per heavy atom. The third-order valence-electron chi connectivity index (χ3n) is 7.70. The number of nitrogens with one attached hydrogen (secondary N) is 1. The lowest BCUT2D eigenvalue weighted by atomic mass is 9.55. The molecule has 3 nitrogen and oxygen atoms in total. The van der Waals surface area contributed by atoms with Gasteiger partial charge in [-0.05, 0) is 30.0 Å². The lowest BCUT2D eigenvalue weighted by Crippen LogP contribution is -2.67. The summed E-state index contributed by atoms with van der Waals surface area (Å²) in [6.07, 6.45) is 4.83. The van der Waals surface area contributed by atoms with Gasteiger partial charge in [0, 0.05) is 37.1 Å². The Balaban J connectivity index is 1.74. The molecule has 0 unspecified atom stereocenters. The van der Waals surface area contributed by atoms with Crippen LogP contribution in [-0.4, -0.2) is 48.4 Å². The summed E-state index contributed by atoms with van der Waals surface area (Å²) in [6, 6.07) is 10.0. The van der Waals surface area contributed by atoms with Crippen LogP contribution < -0.4 is 5.32 Å². The third-order valence-corrected chi connectivity index (χ3v) is 7.70. The molecule has 2 N–H and O–H groups in total. The minimum Gasteiger partial charge on any atom is -0.396 e. The molecular formula is C20H27N2O+. The Hall–Kier alpha value is -1.32. The average Bonchev–Trinajstić information content (AvgIpc) is 3.08. The summed E-state index contributed by atoms with van der Waals surface area (Å²) in [6.45, 7) is 4.93. The van der Waals surface area contributed by atoms with E-state index in [-0.39, 0.29) is 5.41 Å². The molecule has 5 rings (SSSR count). The van der Waals surface area contributed by atoms with Gasteiger partial charge in [-0.25, -0.2) is 0 Å². The maximum atomic E-state index is 10.3. The third kappa shape index (κ3) is 1.49. The van der Waals surface area contributed by atoms with Crippen molar-refractivity contribution in [1.29, 1.82) is 0 Å². The zero-order valence-corrected chi connectivity index (χ0v) is 14.1. The monoisotopic (exact) mass is 311 g/mol. The molecule has 1 saturated carbocycles. The normalized spacial score (nSPS) is 48.0. The van der Waals surface area contributed by atoms with E-state index in [0.29, 0.717) is 30.5 Å². The first-order chi connectivity index (χ1) is 11.1. The highest BCUT2D eigenvalue weighted by Gasteiger charge is 2.70. The van der Waals surface area contributed by atoms with E-state index >= 15 is 0 Å². The molecule has 122 valence electrons. The molecule has 2 bridgehead atoms. The van der Waals surface area contributed by atoms with Gasteiger partial charge in [0.05, 0.1) is 19.0 Å². The van der Waals surface area contributed by atoms with Crippen LogP contribution >= 0.6 is 0 Å². The lowest BCUT2D eigenvalue weighted by Gasteiger charge is -2.56. The molecule has 3 heteroatoms. The Kier molecular flexibility index (Phi) is 2.69. The quantitative estimate of drug-likeness (QED) is 0.617. The van der Waals surface area contributed by atoms with E-state index in [9.17, 15) is 5.11 Å². The van der Waals surface area contributed by atoms with Gasteiger partial charge >= 0.3 is 0 Å². The molecule has 1 aromatic rings. The number of hydrogen-bond acceptors (Lipinski definition) is 2. The Morgan fingerprint density at radius 1 is 1.39 bits per heavy atom. The van der Waals surface area contributed by atoms with Crippen molar-refractivity contribution in [3.8, 4) is 0 Å². The second-order valence-electron chi connectivity index (χ2n) is 8.39. The minimum absolute atomic E-state index is 0.231. The first-order valence-electron chi connectivity index (χ1n) is 9.10. The van der Waals surface area contributed by atoms with Crippen LogP contribution in [0, 0.1) is 11.8 Å². The highest BCUT2D eigenvalue weighted by Crippen LogP contribution is 2.62. The standard InChI is InChI=1S/C20H27N2O/c1-3-13-11-22(2)9-8-20-16-6-4-5-7-17(16)21-19(20)15(12-23)14(13)10-18(20)22/h3-7,14-15,18-19,21,23H,8-12H2,1-2H3/q+1/b13-3+/t14-,15+,18+,19+,20+,22-/m0/s1. The zero-order valence-electron chi connectivity index (χ0n) is 14.1. The Morgan fingerprint density at radius 2 is 2.22 bits per heavy atom. The first-order valence-corrected chi connectivity index (χ1v) is 9.10. The number of hydrogen-bond donors (Lipinski definition) is 2. The molecular weight excluding hydrogens is 284 g/mol. The molecule has 3 heterocycles. The molecule has 2 saturated heterocycles. The van der Waals surface area contributed by atoms with Crippen LogP contribution in [-0.2, 0) is 5.41 Å². The molecule has 1 spiro atoms. The topological polar surface area (TPSA) is 32.3 Å². The number of benzene rings is 1. The van der Waals surface area contributed by atoms with Gasteiger partial charge in [-0.3, -0.25) is 0 Å². The molecule has 0 amide bonds. The molecule has 4 aliphatic rings. The summed E-state index contributed by atoms with van der Waals surface area (Å²) in [5, 5.41) is 14.1. The smallest absolute Gasteiger partial charge is 0.102 e. The number of rotatable bonds is 1. The molecule has 1 aromatic carbocycles. The number of piperidine rings is 1. The SMILES string of the molecule is C/C=C1\C[N@+]2(C)CC[C@]34c5ccccc5N[C@@H]3[C@H](CO)[C@H]1C[C@H]42. The summed E-state index contributed by atoms with van der Waals surface area (Å²) in [5.41, 5.74) is 4.65. The fraction of sp³-hybridized carbons (Fsp3) is 0.600. The van der Waals surface area contributed by atoms with Crippen molar-refractivity contribution >= 4 is 5.69 Å². The zero-order chi connectivity index (χ0) is 15.8. The van der Waals surface area contributed by atoms with Gasteiger partial charge in [-0.1, -0.05) is 24.3 Å². The highest BCUT2D eigenvalue weighted by molar-refractivity contribution is 5.64. The van der Waals surface area contributed by atoms with Gasteiger partial charge in [0.2, 0.25) is 0 Å². The number of likely N-dealkylation sites (N-methyl/N-ethyl adjacent to an activating group) is 1. The fourth-order valence-corrected chi connectivity index (χ4v) is 6.76. The first kappa shape index (κ1) is 14.1. The van der Waals surface area contributed by atoms with Crippen molar-refractivity contribution in [2.75, 3.05) is 32.1 Å². The van der Waals surface area contributed by atoms with Crippen LogP contribution in [0.25, 0.3) is 0 Å². The summed E-state index contributed by atoms with van der Waals surface area (Å²) >= 11 is 0. The molecule has 0 radical (unpaired) electrons. The molecule has 0 aromatic heterocycles. The van der Waals surface area contributed by atoms with E-state index < -0.39 is 0 Å². The minimum atomic E-state index is 0.231. The Bertz CT molecular complexity index is 699. The van der Waals surface area contributed by atoms with E-state index in [1.165, 1.54) is 41.7 Å². The van der Waals surface area contributed by atoms with Crippen molar-refractivity contribution < 1.29 is 9.59 Å². The van der Waals surface area contributed by atoms with Gasteiger partial charge in [0.15, 0.2) is 0 Å². The number of nitrogens with zero attached hydrogens (tertiary/aromatic N) is 1. The number of aliphatic hydroxyl groups excluding tert-OH is 1. The highest BCUT2D eigenvalue weighted by atomic mass is 16.3. The molecule has 3 aliphatic heterocycles. The average molecular weight is 311 g/mol. The van der Waals surface area contributed by atoms with Crippen LogP contribution in [0.4, 0.5) is 5.69 Å². The number of aliphatic hydroxyl groups is 1. The van der Waals surface area contributed by atoms with Crippen LogP contribution in [0.1, 0.15) is 25.3 Å². The maximum Gasteiger partial charge on any atom is 0.102 e. The van der Waals surface area contributed by atoms with Crippen LogP contribution in [0.15, 0.2) is 35.9 Å². The number of anilines is 1. The maximum absolute atomic E-state index is 10.3. The molecule has 6 atom stereocenters. The van der Waals surface area contributed by atoms with E-state index in [1.807, 2.05) is 0 Å². The predicted octanol–water partition coefficient (Wildman–Crippen LogP) is 2.53. The summed E-state index contributed by atoms with van der Waals surface area (Å²) < 4.78 is 1.20. The van der Waals surface area contributed by atoms with Crippen molar-refractivity contribution in [2.24, 2.45) is 11.8 Å². The second-order valence-corrected chi connectivity index (χ2v) is 8.39. The van der Waals surface area contributed by atoms with Crippen molar-refractivity contribution in [3.63, 3.8) is 0 Å². The van der Waals surface area contributed by atoms with Gasteiger partial charge in [0.1, 0.15) is 12.6 Å². The Labute approximate surface area is 138 Å².